The Kier molecular flexibility index (Phi) is 7.30. The second kappa shape index (κ2) is 10.5. The lowest BCUT2D eigenvalue weighted by molar-refractivity contribution is 0.0954. The first-order valence-electron chi connectivity index (χ1n) is 11.5. The number of carbonyl (C=O) groups excluding carboxylic acids is 1. The molecule has 0 bridgehead atoms. The number of hydrazone groups is 1. The SMILES string of the molecule is O=C(NN=C1CCCCC1)c1ccc(CN2CCC(Cc3ccccc3)CC2)cc1. The van der Waals surface area contributed by atoms with Crippen LogP contribution in [0.1, 0.15) is 66.4 Å². The average molecular weight is 404 g/mol. The van der Waals surface area contributed by atoms with Crippen molar-refractivity contribution in [3.8, 4) is 0 Å². The third-order valence-corrected chi connectivity index (χ3v) is 6.44. The quantitative estimate of drug-likeness (QED) is 0.675. The Morgan fingerprint density at radius 3 is 2.30 bits per heavy atom. The highest BCUT2D eigenvalue weighted by molar-refractivity contribution is 5.95. The van der Waals surface area contributed by atoms with Gasteiger partial charge in [-0.25, -0.2) is 5.43 Å². The van der Waals surface area contributed by atoms with E-state index in [0.717, 1.165) is 44.1 Å². The van der Waals surface area contributed by atoms with E-state index in [1.807, 2.05) is 12.1 Å². The van der Waals surface area contributed by atoms with Gasteiger partial charge in [0.2, 0.25) is 0 Å². The van der Waals surface area contributed by atoms with E-state index in [-0.39, 0.29) is 5.91 Å². The molecule has 0 radical (unpaired) electrons. The minimum atomic E-state index is -0.110. The average Bonchev–Trinajstić information content (AvgIpc) is 2.81. The van der Waals surface area contributed by atoms with Crippen molar-refractivity contribution in [1.82, 2.24) is 10.3 Å². The number of amides is 1. The molecule has 0 unspecified atom stereocenters. The molecule has 2 aromatic carbocycles. The van der Waals surface area contributed by atoms with Gasteiger partial charge in [0.05, 0.1) is 0 Å². The second-order valence-electron chi connectivity index (χ2n) is 8.79. The molecule has 0 atom stereocenters. The zero-order valence-electron chi connectivity index (χ0n) is 17.9. The number of piperidine rings is 1. The van der Waals surface area contributed by atoms with Crippen LogP contribution in [0.3, 0.4) is 0 Å². The molecule has 158 valence electrons. The number of hydrogen-bond acceptors (Lipinski definition) is 3. The molecular formula is C26H33N3O. The maximum absolute atomic E-state index is 12.3. The molecule has 1 saturated carbocycles. The Morgan fingerprint density at radius 2 is 1.60 bits per heavy atom. The molecule has 30 heavy (non-hydrogen) atoms. The standard InChI is InChI=1S/C26H33N3O/c30-26(28-27-25-9-5-2-6-10-25)24-13-11-23(12-14-24)20-29-17-15-22(16-18-29)19-21-7-3-1-4-8-21/h1,3-4,7-8,11-14,22H,2,5-6,9-10,15-20H2,(H,28,30). The lowest BCUT2D eigenvalue weighted by atomic mass is 9.90. The first-order valence-corrected chi connectivity index (χ1v) is 11.5. The minimum Gasteiger partial charge on any atom is -0.299 e. The Labute approximate surface area is 180 Å². The highest BCUT2D eigenvalue weighted by Crippen LogP contribution is 2.23. The minimum absolute atomic E-state index is 0.110. The van der Waals surface area contributed by atoms with Gasteiger partial charge >= 0.3 is 0 Å². The molecule has 1 saturated heterocycles. The predicted molar refractivity (Wildman–Crippen MR) is 123 cm³/mol. The van der Waals surface area contributed by atoms with Gasteiger partial charge in [-0.05, 0) is 87.2 Å². The van der Waals surface area contributed by atoms with E-state index in [1.165, 1.54) is 49.7 Å². The number of likely N-dealkylation sites (tertiary alicyclic amines) is 1. The first kappa shape index (κ1) is 20.8. The molecule has 4 rings (SSSR count). The van der Waals surface area contributed by atoms with Gasteiger partial charge in [-0.15, -0.1) is 0 Å². The number of nitrogens with zero attached hydrogens (tertiary/aromatic N) is 2. The summed E-state index contributed by atoms with van der Waals surface area (Å²) >= 11 is 0. The van der Waals surface area contributed by atoms with Crippen molar-refractivity contribution in [2.24, 2.45) is 11.0 Å². The summed E-state index contributed by atoms with van der Waals surface area (Å²) in [4.78, 5) is 14.9. The summed E-state index contributed by atoms with van der Waals surface area (Å²) in [7, 11) is 0. The lowest BCUT2D eigenvalue weighted by Gasteiger charge is -2.32. The van der Waals surface area contributed by atoms with Gasteiger partial charge in [-0.2, -0.15) is 5.10 Å². The highest BCUT2D eigenvalue weighted by atomic mass is 16.2. The fraction of sp³-hybridized carbons (Fsp3) is 0.462. The van der Waals surface area contributed by atoms with Gasteiger partial charge in [0.1, 0.15) is 0 Å². The zero-order chi connectivity index (χ0) is 20.6. The number of carbonyl (C=O) groups is 1. The molecule has 1 heterocycles. The summed E-state index contributed by atoms with van der Waals surface area (Å²) in [5, 5.41) is 4.32. The van der Waals surface area contributed by atoms with Gasteiger partial charge < -0.3 is 0 Å². The molecule has 0 aromatic heterocycles. The molecular weight excluding hydrogens is 370 g/mol. The zero-order valence-corrected chi connectivity index (χ0v) is 17.9. The van der Waals surface area contributed by atoms with E-state index < -0.39 is 0 Å². The van der Waals surface area contributed by atoms with Crippen LogP contribution in [0.15, 0.2) is 59.7 Å². The van der Waals surface area contributed by atoms with E-state index >= 15 is 0 Å². The molecule has 0 spiro atoms. The number of nitrogens with one attached hydrogen (secondary N) is 1. The van der Waals surface area contributed by atoms with Gasteiger partial charge in [0.15, 0.2) is 0 Å². The van der Waals surface area contributed by atoms with Crippen LogP contribution in [-0.2, 0) is 13.0 Å². The molecule has 1 aliphatic carbocycles. The van der Waals surface area contributed by atoms with Gasteiger partial charge in [0.25, 0.3) is 5.91 Å². The normalized spacial score (nSPS) is 18.2. The molecule has 4 heteroatoms. The van der Waals surface area contributed by atoms with E-state index in [2.05, 4.69) is 57.9 Å². The van der Waals surface area contributed by atoms with Crippen molar-refractivity contribution in [3.05, 3.63) is 71.3 Å². The Balaban J connectivity index is 1.22. The largest absolute Gasteiger partial charge is 0.299 e. The summed E-state index contributed by atoms with van der Waals surface area (Å²) in [5.74, 6) is 0.682. The van der Waals surface area contributed by atoms with Crippen LogP contribution in [0.2, 0.25) is 0 Å². The molecule has 1 N–H and O–H groups in total. The van der Waals surface area contributed by atoms with Crippen LogP contribution in [0.4, 0.5) is 0 Å². The van der Waals surface area contributed by atoms with Crippen molar-refractivity contribution < 1.29 is 4.79 Å². The Morgan fingerprint density at radius 1 is 0.900 bits per heavy atom. The van der Waals surface area contributed by atoms with Gasteiger partial charge in [0, 0.05) is 17.8 Å². The molecule has 4 nitrogen and oxygen atoms in total. The van der Waals surface area contributed by atoms with Gasteiger partial charge in [-0.1, -0.05) is 48.9 Å². The number of benzene rings is 2. The van der Waals surface area contributed by atoms with E-state index in [0.29, 0.717) is 5.56 Å². The summed E-state index contributed by atoms with van der Waals surface area (Å²) in [5.41, 5.74) is 7.27. The van der Waals surface area contributed by atoms with Gasteiger partial charge in [-0.3, -0.25) is 9.69 Å². The molecule has 2 aliphatic rings. The number of hydrogen-bond donors (Lipinski definition) is 1. The van der Waals surface area contributed by atoms with Crippen molar-refractivity contribution in [2.45, 2.75) is 57.9 Å². The summed E-state index contributed by atoms with van der Waals surface area (Å²) in [6, 6.07) is 18.9. The Hall–Kier alpha value is -2.46. The molecule has 2 aromatic rings. The fourth-order valence-electron chi connectivity index (χ4n) is 4.58. The van der Waals surface area contributed by atoms with Crippen LogP contribution in [0, 0.1) is 5.92 Å². The molecule has 2 fully saturated rings. The van der Waals surface area contributed by atoms with Crippen molar-refractivity contribution in [2.75, 3.05) is 13.1 Å². The molecule has 1 amide bonds. The smallest absolute Gasteiger partial charge is 0.271 e. The third-order valence-electron chi connectivity index (χ3n) is 6.44. The van der Waals surface area contributed by atoms with Crippen LogP contribution >= 0.6 is 0 Å². The second-order valence-corrected chi connectivity index (χ2v) is 8.79. The lowest BCUT2D eigenvalue weighted by Crippen LogP contribution is -2.33. The van der Waals surface area contributed by atoms with E-state index in [4.69, 9.17) is 0 Å². The van der Waals surface area contributed by atoms with E-state index in [1.54, 1.807) is 0 Å². The van der Waals surface area contributed by atoms with Crippen LogP contribution in [-0.4, -0.2) is 29.6 Å². The van der Waals surface area contributed by atoms with E-state index in [9.17, 15) is 4.79 Å². The van der Waals surface area contributed by atoms with Crippen LogP contribution in [0.25, 0.3) is 0 Å². The van der Waals surface area contributed by atoms with Crippen LogP contribution < -0.4 is 5.43 Å². The van der Waals surface area contributed by atoms with Crippen LogP contribution in [0.5, 0.6) is 0 Å². The summed E-state index contributed by atoms with van der Waals surface area (Å²) in [6.45, 7) is 3.26. The van der Waals surface area contributed by atoms with Crippen molar-refractivity contribution >= 4 is 11.6 Å². The summed E-state index contributed by atoms with van der Waals surface area (Å²) < 4.78 is 0. The first-order chi connectivity index (χ1) is 14.8. The highest BCUT2D eigenvalue weighted by Gasteiger charge is 2.19. The molecule has 1 aliphatic heterocycles. The third kappa shape index (κ3) is 6.02. The van der Waals surface area contributed by atoms with Crippen molar-refractivity contribution in [1.29, 1.82) is 0 Å². The maximum atomic E-state index is 12.3. The topological polar surface area (TPSA) is 44.7 Å². The maximum Gasteiger partial charge on any atom is 0.271 e. The summed E-state index contributed by atoms with van der Waals surface area (Å²) in [6.07, 6.45) is 9.40. The fourth-order valence-corrected chi connectivity index (χ4v) is 4.58. The van der Waals surface area contributed by atoms with Crippen molar-refractivity contribution in [3.63, 3.8) is 0 Å². The Bertz CT molecular complexity index is 828. The monoisotopic (exact) mass is 403 g/mol. The predicted octanol–water partition coefficient (Wildman–Crippen LogP) is 5.19. The number of rotatable bonds is 6.